The first kappa shape index (κ1) is 13.2. The summed E-state index contributed by atoms with van der Waals surface area (Å²) < 4.78 is 11.6. The van der Waals surface area contributed by atoms with Gasteiger partial charge in [-0.05, 0) is 17.7 Å². The normalized spacial score (nSPS) is 14.4. The summed E-state index contributed by atoms with van der Waals surface area (Å²) in [7, 11) is -1.20. The van der Waals surface area contributed by atoms with Gasteiger partial charge in [-0.15, -0.1) is 0 Å². The van der Waals surface area contributed by atoms with Crippen molar-refractivity contribution >= 4 is 28.3 Å². The van der Waals surface area contributed by atoms with Crippen LogP contribution in [-0.4, -0.2) is 21.9 Å². The van der Waals surface area contributed by atoms with E-state index in [1.54, 1.807) is 24.3 Å². The number of hydrogen-bond acceptors (Lipinski definition) is 3. The SMILES string of the molecule is NC(=O)C(N)CS(=O)Cc1ccc(Cl)cc1. The molecule has 0 radical (unpaired) electrons. The topological polar surface area (TPSA) is 86.2 Å². The van der Waals surface area contributed by atoms with Crippen molar-refractivity contribution in [1.82, 2.24) is 0 Å². The second kappa shape index (κ2) is 5.98. The lowest BCUT2D eigenvalue weighted by atomic mass is 10.2. The molecule has 0 spiro atoms. The van der Waals surface area contributed by atoms with Gasteiger partial charge in [0.05, 0.1) is 6.04 Å². The van der Waals surface area contributed by atoms with Gasteiger partial charge in [0, 0.05) is 27.3 Å². The number of carbonyl (C=O) groups excluding carboxylic acids is 1. The first-order chi connectivity index (χ1) is 7.49. The number of rotatable bonds is 5. The number of amides is 1. The summed E-state index contributed by atoms with van der Waals surface area (Å²) in [5, 5.41) is 0.628. The molecule has 0 bridgehead atoms. The fourth-order valence-electron chi connectivity index (χ4n) is 1.11. The molecule has 4 N–H and O–H groups in total. The van der Waals surface area contributed by atoms with Crippen LogP contribution < -0.4 is 11.5 Å². The predicted octanol–water partition coefficient (Wildman–Crippen LogP) is 0.401. The van der Waals surface area contributed by atoms with E-state index < -0.39 is 22.7 Å². The first-order valence-corrected chi connectivity index (χ1v) is 6.50. The van der Waals surface area contributed by atoms with Crippen LogP contribution in [0.15, 0.2) is 24.3 Å². The average Bonchev–Trinajstić information content (AvgIpc) is 2.21. The van der Waals surface area contributed by atoms with Crippen molar-refractivity contribution in [2.45, 2.75) is 11.8 Å². The molecule has 2 atom stereocenters. The summed E-state index contributed by atoms with van der Waals surface area (Å²) >= 11 is 5.72. The van der Waals surface area contributed by atoms with Gasteiger partial charge >= 0.3 is 0 Å². The molecule has 4 nitrogen and oxygen atoms in total. The molecule has 1 amide bonds. The molecular weight excluding hydrogens is 248 g/mol. The summed E-state index contributed by atoms with van der Waals surface area (Å²) in [6, 6.07) is 6.17. The van der Waals surface area contributed by atoms with Crippen molar-refractivity contribution in [2.75, 3.05) is 5.75 Å². The predicted molar refractivity (Wildman–Crippen MR) is 65.3 cm³/mol. The molecule has 1 rings (SSSR count). The molecule has 0 fully saturated rings. The van der Waals surface area contributed by atoms with E-state index in [4.69, 9.17) is 23.1 Å². The second-order valence-corrected chi connectivity index (χ2v) is 5.32. The quantitative estimate of drug-likeness (QED) is 0.804. The maximum atomic E-state index is 11.6. The number of primary amides is 1. The van der Waals surface area contributed by atoms with E-state index in [-0.39, 0.29) is 5.75 Å². The minimum Gasteiger partial charge on any atom is -0.368 e. The number of carbonyl (C=O) groups is 1. The van der Waals surface area contributed by atoms with E-state index >= 15 is 0 Å². The average molecular weight is 261 g/mol. The minimum atomic E-state index is -1.20. The molecule has 0 aliphatic carbocycles. The standard InChI is InChI=1S/C10H13ClN2O2S/c11-8-3-1-7(2-4-8)5-16(15)6-9(12)10(13)14/h1-4,9H,5-6,12H2,(H2,13,14). The second-order valence-electron chi connectivity index (χ2n) is 3.39. The van der Waals surface area contributed by atoms with Crippen LogP contribution in [0.5, 0.6) is 0 Å². The largest absolute Gasteiger partial charge is 0.368 e. The molecule has 6 heteroatoms. The van der Waals surface area contributed by atoms with E-state index in [0.717, 1.165) is 5.56 Å². The van der Waals surface area contributed by atoms with Crippen LogP contribution in [0.2, 0.25) is 5.02 Å². The molecule has 0 aromatic heterocycles. The Kier molecular flexibility index (Phi) is 4.92. The molecule has 88 valence electrons. The highest BCUT2D eigenvalue weighted by Crippen LogP contribution is 2.11. The van der Waals surface area contributed by atoms with Crippen LogP contribution in [0.4, 0.5) is 0 Å². The molecule has 1 aromatic rings. The van der Waals surface area contributed by atoms with E-state index in [9.17, 15) is 9.00 Å². The van der Waals surface area contributed by atoms with Crippen molar-refractivity contribution in [3.8, 4) is 0 Å². The maximum Gasteiger partial charge on any atom is 0.235 e. The highest BCUT2D eigenvalue weighted by atomic mass is 35.5. The van der Waals surface area contributed by atoms with Crippen molar-refractivity contribution in [1.29, 1.82) is 0 Å². The van der Waals surface area contributed by atoms with Crippen LogP contribution in [0.25, 0.3) is 0 Å². The van der Waals surface area contributed by atoms with Gasteiger partial charge in [0.2, 0.25) is 5.91 Å². The van der Waals surface area contributed by atoms with E-state index in [1.807, 2.05) is 0 Å². The number of benzene rings is 1. The van der Waals surface area contributed by atoms with Gasteiger partial charge in [-0.25, -0.2) is 0 Å². The molecule has 0 heterocycles. The number of halogens is 1. The summed E-state index contributed by atoms with van der Waals surface area (Å²) in [6.07, 6.45) is 0. The fourth-order valence-corrected chi connectivity index (χ4v) is 2.48. The smallest absolute Gasteiger partial charge is 0.235 e. The van der Waals surface area contributed by atoms with Crippen molar-refractivity contribution < 1.29 is 9.00 Å². The molecule has 0 saturated carbocycles. The third kappa shape index (κ3) is 4.30. The minimum absolute atomic E-state index is 0.0813. The molecule has 1 aromatic carbocycles. The molecule has 0 aliphatic heterocycles. The maximum absolute atomic E-state index is 11.6. The van der Waals surface area contributed by atoms with Crippen LogP contribution in [0.1, 0.15) is 5.56 Å². The van der Waals surface area contributed by atoms with E-state index in [0.29, 0.717) is 10.8 Å². The Labute approximate surface area is 101 Å². The summed E-state index contributed by atoms with van der Waals surface area (Å²) in [4.78, 5) is 10.7. The molecule has 0 saturated heterocycles. The monoisotopic (exact) mass is 260 g/mol. The van der Waals surface area contributed by atoms with Crippen LogP contribution in [0, 0.1) is 0 Å². The van der Waals surface area contributed by atoms with Crippen molar-refractivity contribution in [3.05, 3.63) is 34.9 Å². The van der Waals surface area contributed by atoms with Gasteiger partial charge in [-0.3, -0.25) is 9.00 Å². The molecular formula is C10H13ClN2O2S. The highest BCUT2D eigenvalue weighted by molar-refractivity contribution is 7.84. The van der Waals surface area contributed by atoms with Gasteiger partial charge in [-0.1, -0.05) is 23.7 Å². The molecule has 0 aliphatic rings. The molecule has 16 heavy (non-hydrogen) atoms. The fraction of sp³-hybridized carbons (Fsp3) is 0.300. The lowest BCUT2D eigenvalue weighted by molar-refractivity contribution is -0.118. The van der Waals surface area contributed by atoms with Gasteiger partial charge in [0.1, 0.15) is 0 Å². The number of nitrogens with two attached hydrogens (primary N) is 2. The van der Waals surface area contributed by atoms with Crippen LogP contribution >= 0.6 is 11.6 Å². The third-order valence-electron chi connectivity index (χ3n) is 1.97. The van der Waals surface area contributed by atoms with Gasteiger partial charge < -0.3 is 11.5 Å². The Morgan fingerprint density at radius 3 is 2.44 bits per heavy atom. The zero-order valence-electron chi connectivity index (χ0n) is 8.56. The zero-order chi connectivity index (χ0) is 12.1. The van der Waals surface area contributed by atoms with E-state index in [2.05, 4.69) is 0 Å². The summed E-state index contributed by atoms with van der Waals surface area (Å²) in [6.45, 7) is 0. The van der Waals surface area contributed by atoms with Crippen LogP contribution in [0.3, 0.4) is 0 Å². The lowest BCUT2D eigenvalue weighted by Gasteiger charge is -2.07. The first-order valence-electron chi connectivity index (χ1n) is 4.63. The van der Waals surface area contributed by atoms with Crippen molar-refractivity contribution in [2.24, 2.45) is 11.5 Å². The third-order valence-corrected chi connectivity index (χ3v) is 3.61. The Hall–Kier alpha value is -0.910. The summed E-state index contributed by atoms with van der Waals surface area (Å²) in [5.41, 5.74) is 11.3. The Morgan fingerprint density at radius 1 is 1.38 bits per heavy atom. The summed E-state index contributed by atoms with van der Waals surface area (Å²) in [5.74, 6) is -0.208. The molecule has 2 unspecified atom stereocenters. The highest BCUT2D eigenvalue weighted by Gasteiger charge is 2.13. The van der Waals surface area contributed by atoms with Gasteiger partial charge in [-0.2, -0.15) is 0 Å². The Bertz CT molecular complexity index is 394. The van der Waals surface area contributed by atoms with Crippen LogP contribution in [-0.2, 0) is 21.3 Å². The van der Waals surface area contributed by atoms with Gasteiger partial charge in [0.25, 0.3) is 0 Å². The Balaban J connectivity index is 2.52. The number of hydrogen-bond donors (Lipinski definition) is 2. The Morgan fingerprint density at radius 2 is 1.94 bits per heavy atom. The van der Waals surface area contributed by atoms with Crippen molar-refractivity contribution in [3.63, 3.8) is 0 Å². The zero-order valence-corrected chi connectivity index (χ0v) is 10.1. The van der Waals surface area contributed by atoms with E-state index in [1.165, 1.54) is 0 Å². The lowest BCUT2D eigenvalue weighted by Crippen LogP contribution is -2.40. The van der Waals surface area contributed by atoms with Gasteiger partial charge in [0.15, 0.2) is 0 Å².